The average molecular weight is 727 g/mol. The van der Waals surface area contributed by atoms with Crippen molar-refractivity contribution in [1.82, 2.24) is 29.5 Å². The summed E-state index contributed by atoms with van der Waals surface area (Å²) in [5.74, 6) is 1.67. The van der Waals surface area contributed by atoms with Gasteiger partial charge in [0.15, 0.2) is 11.6 Å². The average Bonchev–Trinajstić information content (AvgIpc) is 3.48. The fraction of sp³-hybridized carbons (Fsp3) is 0.350. The molecule has 4 N–H and O–H groups in total. The van der Waals surface area contributed by atoms with Gasteiger partial charge in [-0.3, -0.25) is 9.36 Å². The molecule has 2 aliphatic heterocycles. The van der Waals surface area contributed by atoms with Crippen molar-refractivity contribution in [3.05, 3.63) is 119 Å². The number of ether oxygens (including phenoxy) is 4. The predicted octanol–water partition coefficient (Wildman–Crippen LogP) is 6.46. The normalized spacial score (nSPS) is 20.1. The van der Waals surface area contributed by atoms with Crippen LogP contribution in [0.25, 0.3) is 31.5 Å². The fourth-order valence-electron chi connectivity index (χ4n) is 7.01. The predicted molar refractivity (Wildman–Crippen MR) is 204 cm³/mol. The minimum absolute atomic E-state index is 0.0748. The minimum atomic E-state index is -0.183. The number of fused-ring (bicyclic) bond motifs is 2. The van der Waals surface area contributed by atoms with Crippen molar-refractivity contribution < 1.29 is 18.9 Å². The molecule has 0 spiro atoms. The van der Waals surface area contributed by atoms with Gasteiger partial charge in [-0.1, -0.05) is 60.7 Å². The van der Waals surface area contributed by atoms with E-state index in [-0.39, 0.29) is 24.2 Å². The number of hydrogen-bond donors (Lipinski definition) is 2. The highest BCUT2D eigenvalue weighted by Gasteiger charge is 2.34. The molecule has 0 bridgehead atoms. The number of rotatable bonds is 8. The minimum Gasteiger partial charge on any atom is -0.472 e. The van der Waals surface area contributed by atoms with Crippen LogP contribution in [0.4, 0.5) is 11.6 Å². The first-order valence-corrected chi connectivity index (χ1v) is 18.0. The Morgan fingerprint density at radius 1 is 0.611 bits per heavy atom. The van der Waals surface area contributed by atoms with Gasteiger partial charge in [0.2, 0.25) is 23.8 Å². The highest BCUT2D eigenvalue weighted by molar-refractivity contribution is 5.94. The summed E-state index contributed by atoms with van der Waals surface area (Å²) in [5, 5.41) is 10.5. The van der Waals surface area contributed by atoms with Crippen molar-refractivity contribution in [1.29, 1.82) is 0 Å². The summed E-state index contributed by atoms with van der Waals surface area (Å²) < 4.78 is 26.7. The summed E-state index contributed by atoms with van der Waals surface area (Å²) in [5.41, 5.74) is 16.2. The van der Waals surface area contributed by atoms with Crippen molar-refractivity contribution in [2.75, 3.05) is 37.9 Å². The third kappa shape index (κ3) is 7.90. The van der Waals surface area contributed by atoms with Crippen LogP contribution in [0.5, 0.6) is 11.8 Å². The zero-order valence-electron chi connectivity index (χ0n) is 29.8. The summed E-state index contributed by atoms with van der Waals surface area (Å²) in [6.07, 6.45) is 6.23. The first-order valence-electron chi connectivity index (χ1n) is 18.0. The Morgan fingerprint density at radius 3 is 1.43 bits per heavy atom. The molecule has 2 fully saturated rings. The van der Waals surface area contributed by atoms with E-state index in [0.29, 0.717) is 86.7 Å². The second kappa shape index (κ2) is 17.1. The molecule has 4 atom stereocenters. The van der Waals surface area contributed by atoms with Gasteiger partial charge in [-0.25, -0.2) is 23.1 Å². The lowest BCUT2D eigenvalue weighted by Gasteiger charge is -2.16. The van der Waals surface area contributed by atoms with Crippen LogP contribution in [0.2, 0.25) is 0 Å². The van der Waals surface area contributed by atoms with Crippen LogP contribution in [-0.4, -0.2) is 68.0 Å². The maximum Gasteiger partial charge on any atom is 0.248 e. The van der Waals surface area contributed by atoms with Crippen LogP contribution in [0.15, 0.2) is 85.2 Å². The molecular weight excluding hydrogens is 685 g/mol. The first-order chi connectivity index (χ1) is 26.6. The molecule has 0 radical (unpaired) electrons. The van der Waals surface area contributed by atoms with Gasteiger partial charge in [-0.05, 0) is 23.3 Å². The number of pyridine rings is 2. The van der Waals surface area contributed by atoms with E-state index in [0.717, 1.165) is 35.0 Å². The van der Waals surface area contributed by atoms with Gasteiger partial charge in [0.05, 0.1) is 24.2 Å². The molecule has 14 heteroatoms. The van der Waals surface area contributed by atoms with Crippen molar-refractivity contribution in [3.8, 4) is 11.8 Å². The maximum absolute atomic E-state index is 7.55. The van der Waals surface area contributed by atoms with E-state index in [1.807, 2.05) is 82.2 Å². The molecule has 0 amide bonds. The molecule has 14 nitrogen and oxygen atoms in total. The Morgan fingerprint density at radius 2 is 1.02 bits per heavy atom. The van der Waals surface area contributed by atoms with E-state index in [1.54, 1.807) is 12.4 Å². The molecule has 54 heavy (non-hydrogen) atoms. The number of nitrogen functional groups attached to an aromatic ring is 2. The van der Waals surface area contributed by atoms with Crippen LogP contribution < -0.4 is 20.9 Å². The zero-order valence-corrected chi connectivity index (χ0v) is 29.8. The lowest BCUT2D eigenvalue weighted by atomic mass is 10.0. The van der Waals surface area contributed by atoms with Crippen LogP contribution in [-0.2, 0) is 22.7 Å². The Kier molecular flexibility index (Phi) is 11.4. The fourth-order valence-corrected chi connectivity index (χ4v) is 7.01. The molecule has 2 saturated heterocycles. The number of benzene rings is 2. The van der Waals surface area contributed by atoms with Crippen molar-refractivity contribution in [3.63, 3.8) is 0 Å². The zero-order chi connectivity index (χ0) is 37.3. The maximum atomic E-state index is 7.55. The van der Waals surface area contributed by atoms with E-state index in [4.69, 9.17) is 43.6 Å². The summed E-state index contributed by atoms with van der Waals surface area (Å²) in [6, 6.07) is 23.0. The summed E-state index contributed by atoms with van der Waals surface area (Å²) in [6.45, 7) is 18.3. The summed E-state index contributed by atoms with van der Waals surface area (Å²) in [4.78, 5) is 16.3. The number of nitrogens with two attached hydrogens (primary N) is 2. The van der Waals surface area contributed by atoms with Gasteiger partial charge < -0.3 is 40.1 Å². The highest BCUT2D eigenvalue weighted by Crippen LogP contribution is 2.36. The van der Waals surface area contributed by atoms with E-state index < -0.39 is 0 Å². The van der Waals surface area contributed by atoms with E-state index >= 15 is 0 Å². The first kappa shape index (κ1) is 36.2. The largest absolute Gasteiger partial charge is 0.472 e. The molecule has 6 aromatic rings. The lowest BCUT2D eigenvalue weighted by molar-refractivity contribution is 0.141. The van der Waals surface area contributed by atoms with Gasteiger partial charge >= 0.3 is 0 Å². The van der Waals surface area contributed by atoms with Gasteiger partial charge in [-0.15, -0.1) is 0 Å². The van der Waals surface area contributed by atoms with Crippen LogP contribution in [0.3, 0.4) is 0 Å². The van der Waals surface area contributed by atoms with Gasteiger partial charge in [0.1, 0.15) is 36.1 Å². The monoisotopic (exact) mass is 726 g/mol. The van der Waals surface area contributed by atoms with Crippen LogP contribution in [0, 0.1) is 13.1 Å². The summed E-state index contributed by atoms with van der Waals surface area (Å²) in [7, 11) is 0. The van der Waals surface area contributed by atoms with Crippen molar-refractivity contribution in [2.45, 2.75) is 63.1 Å². The highest BCUT2D eigenvalue weighted by atomic mass is 16.5. The molecule has 0 saturated carbocycles. The molecule has 8 rings (SSSR count). The Labute approximate surface area is 313 Å². The van der Waals surface area contributed by atoms with Crippen LogP contribution >= 0.6 is 0 Å². The third-order valence-electron chi connectivity index (χ3n) is 9.74. The standard InChI is InChI=1S/2C20H21N5O2/c2*1-22-15-8-11-26-12-9-16(15)25-17-7-10-23-20(18(17)19(21)24-25)27-13-14-5-3-2-4-6-14/h2*2-7,10,15-16H,8-9,11-13H2,(H2,21,24)/t2*15-,16?/m10/s1. The Hall–Kier alpha value is -6.22. The number of hydrogen-bond acceptors (Lipinski definition) is 10. The second-order valence-electron chi connectivity index (χ2n) is 13.1. The van der Waals surface area contributed by atoms with Gasteiger partial charge in [0.25, 0.3) is 0 Å². The number of nitrogens with zero attached hydrogens (tertiary/aromatic N) is 8. The molecule has 2 aromatic carbocycles. The Balaban J connectivity index is 0.000000167. The molecular formula is C40H42N10O4. The molecule has 2 unspecified atom stereocenters. The number of aromatic nitrogens is 6. The SMILES string of the molecule is [C-]#[N+][C@@H]1CCOCCC1n1nc(N)c2c(OCc3ccccc3)nccc21.[C-]#[N+][C@H]1CCOCCC1n1nc(N)c2c(OCc3ccccc3)nccc21. The molecule has 276 valence electrons. The van der Waals surface area contributed by atoms with Gasteiger partial charge in [0, 0.05) is 51.3 Å². The number of anilines is 2. The topological polar surface area (TPSA) is 159 Å². The molecule has 6 heterocycles. The summed E-state index contributed by atoms with van der Waals surface area (Å²) >= 11 is 0. The van der Waals surface area contributed by atoms with Crippen molar-refractivity contribution >= 4 is 33.4 Å². The van der Waals surface area contributed by atoms with E-state index in [1.165, 1.54) is 0 Å². The lowest BCUT2D eigenvalue weighted by Crippen LogP contribution is -2.22. The van der Waals surface area contributed by atoms with Crippen LogP contribution in [0.1, 0.15) is 48.9 Å². The molecule has 0 aliphatic carbocycles. The third-order valence-corrected chi connectivity index (χ3v) is 9.74. The van der Waals surface area contributed by atoms with Gasteiger partial charge in [-0.2, -0.15) is 10.2 Å². The van der Waals surface area contributed by atoms with Crippen molar-refractivity contribution in [2.24, 2.45) is 0 Å². The molecule has 2 aliphatic rings. The quantitative estimate of drug-likeness (QED) is 0.167. The smallest absolute Gasteiger partial charge is 0.248 e. The second-order valence-corrected chi connectivity index (χ2v) is 13.1. The van der Waals surface area contributed by atoms with E-state index in [2.05, 4.69) is 29.9 Å². The van der Waals surface area contributed by atoms with E-state index in [9.17, 15) is 0 Å². The Bertz CT molecular complexity index is 2090. The molecule has 4 aromatic heterocycles.